The zero-order chi connectivity index (χ0) is 27.4. The molecule has 0 spiro atoms. The number of benzene rings is 3. The van der Waals surface area contributed by atoms with E-state index in [1.807, 2.05) is 50.4 Å². The van der Waals surface area contributed by atoms with Gasteiger partial charge in [-0.2, -0.15) is 5.10 Å². The number of para-hydroxylation sites is 1. The van der Waals surface area contributed by atoms with Gasteiger partial charge in [-0.05, 0) is 47.9 Å². The van der Waals surface area contributed by atoms with Crippen molar-refractivity contribution >= 4 is 75.3 Å². The molecule has 0 saturated heterocycles. The van der Waals surface area contributed by atoms with Crippen LogP contribution >= 0.6 is 46.4 Å². The Kier molecular flexibility index (Phi) is 9.00. The van der Waals surface area contributed by atoms with Crippen molar-refractivity contribution in [2.24, 2.45) is 11.0 Å². The summed E-state index contributed by atoms with van der Waals surface area (Å²) in [6.07, 6.45) is 3.52. The van der Waals surface area contributed by atoms with Crippen LogP contribution in [0.3, 0.4) is 0 Å². The van der Waals surface area contributed by atoms with E-state index in [4.69, 9.17) is 46.4 Å². The van der Waals surface area contributed by atoms with Crippen LogP contribution < -0.4 is 10.7 Å². The number of hydrogen-bond acceptors (Lipinski definition) is 3. The number of fused-ring (bicyclic) bond motifs is 1. The van der Waals surface area contributed by atoms with E-state index < -0.39 is 17.9 Å². The average Bonchev–Trinajstić information content (AvgIpc) is 3.22. The monoisotopic (exact) mass is 588 g/mol. The second-order valence-electron chi connectivity index (χ2n) is 9.02. The highest BCUT2D eigenvalue weighted by Crippen LogP contribution is 2.26. The van der Waals surface area contributed by atoms with Crippen LogP contribution in [0.2, 0.25) is 20.1 Å². The van der Waals surface area contributed by atoms with Crippen molar-refractivity contribution in [1.29, 1.82) is 0 Å². The minimum atomic E-state index is -0.817. The van der Waals surface area contributed by atoms with E-state index >= 15 is 0 Å². The molecule has 0 fully saturated rings. The minimum Gasteiger partial charge on any atom is -0.342 e. The molecule has 0 aliphatic carbocycles. The summed E-state index contributed by atoms with van der Waals surface area (Å²) in [5.41, 5.74) is 5.57. The van der Waals surface area contributed by atoms with Gasteiger partial charge in [-0.25, -0.2) is 5.43 Å². The molecule has 0 radical (unpaired) electrons. The van der Waals surface area contributed by atoms with E-state index in [2.05, 4.69) is 20.4 Å². The van der Waals surface area contributed by atoms with Gasteiger partial charge < -0.3 is 9.88 Å². The van der Waals surface area contributed by atoms with Crippen LogP contribution in [0.15, 0.2) is 72.0 Å². The second kappa shape index (κ2) is 12.2. The van der Waals surface area contributed by atoms with Crippen molar-refractivity contribution in [2.45, 2.75) is 26.4 Å². The zero-order valence-electron chi connectivity index (χ0n) is 20.5. The van der Waals surface area contributed by atoms with Gasteiger partial charge in [-0.15, -0.1) is 0 Å². The number of halogens is 4. The van der Waals surface area contributed by atoms with Crippen LogP contribution in [-0.4, -0.2) is 28.6 Å². The molecule has 3 aromatic carbocycles. The largest absolute Gasteiger partial charge is 0.342 e. The second-order valence-corrected chi connectivity index (χ2v) is 10.7. The van der Waals surface area contributed by atoms with Crippen molar-refractivity contribution in [3.05, 3.63) is 104 Å². The van der Waals surface area contributed by atoms with Crippen molar-refractivity contribution in [2.75, 3.05) is 0 Å². The molecular weight excluding hydrogens is 566 g/mol. The molecule has 2 N–H and O–H groups in total. The third kappa shape index (κ3) is 6.51. The minimum absolute atomic E-state index is 0.192. The molecule has 1 aromatic heterocycles. The van der Waals surface area contributed by atoms with Gasteiger partial charge in [0.15, 0.2) is 0 Å². The number of amides is 2. The summed E-state index contributed by atoms with van der Waals surface area (Å²) in [5.74, 6) is -1.07. The van der Waals surface area contributed by atoms with E-state index in [9.17, 15) is 9.59 Å². The molecule has 1 unspecified atom stereocenters. The summed E-state index contributed by atoms with van der Waals surface area (Å²) < 4.78 is 2.06. The lowest BCUT2D eigenvalue weighted by molar-refractivity contribution is -0.123. The first-order chi connectivity index (χ1) is 18.1. The molecule has 196 valence electrons. The van der Waals surface area contributed by atoms with Crippen molar-refractivity contribution in [3.8, 4) is 0 Å². The van der Waals surface area contributed by atoms with Gasteiger partial charge in [0.2, 0.25) is 0 Å². The molecule has 1 atom stereocenters. The molecule has 2 amide bonds. The number of carbonyl (C=O) groups excluding carboxylic acids is 2. The zero-order valence-corrected chi connectivity index (χ0v) is 23.5. The first-order valence-electron chi connectivity index (χ1n) is 11.7. The quantitative estimate of drug-likeness (QED) is 0.168. The summed E-state index contributed by atoms with van der Waals surface area (Å²) in [7, 11) is 0. The molecular formula is C28H24Cl4N4O2. The molecule has 38 heavy (non-hydrogen) atoms. The Morgan fingerprint density at radius 1 is 0.947 bits per heavy atom. The van der Waals surface area contributed by atoms with Crippen LogP contribution in [0, 0.1) is 5.92 Å². The molecule has 0 aliphatic rings. The Labute approximate surface area is 240 Å². The molecule has 0 bridgehead atoms. The van der Waals surface area contributed by atoms with Crippen LogP contribution in [-0.2, 0) is 11.3 Å². The Hall–Kier alpha value is -3.03. The number of nitrogens with one attached hydrogen (secondary N) is 2. The summed E-state index contributed by atoms with van der Waals surface area (Å²) >= 11 is 24.4. The van der Waals surface area contributed by atoms with Crippen molar-refractivity contribution in [1.82, 2.24) is 15.3 Å². The Balaban J connectivity index is 1.49. The maximum atomic E-state index is 12.9. The van der Waals surface area contributed by atoms with Crippen LogP contribution in [0.1, 0.15) is 35.3 Å². The van der Waals surface area contributed by atoms with Gasteiger partial charge in [0.05, 0.1) is 16.3 Å². The highest BCUT2D eigenvalue weighted by Gasteiger charge is 2.25. The van der Waals surface area contributed by atoms with Crippen LogP contribution in [0.4, 0.5) is 0 Å². The average molecular weight is 590 g/mol. The molecule has 1 heterocycles. The van der Waals surface area contributed by atoms with Gasteiger partial charge in [-0.1, -0.05) is 84.5 Å². The fraction of sp³-hybridized carbons (Fsp3) is 0.179. The maximum Gasteiger partial charge on any atom is 0.262 e. The first kappa shape index (κ1) is 28.0. The van der Waals surface area contributed by atoms with Crippen molar-refractivity contribution < 1.29 is 9.59 Å². The number of rotatable bonds is 8. The fourth-order valence-electron chi connectivity index (χ4n) is 3.97. The van der Waals surface area contributed by atoms with Crippen LogP contribution in [0.25, 0.3) is 10.9 Å². The third-order valence-electron chi connectivity index (χ3n) is 5.97. The number of aromatic nitrogens is 1. The maximum absolute atomic E-state index is 12.9. The summed E-state index contributed by atoms with van der Waals surface area (Å²) in [6.45, 7) is 4.20. The smallest absolute Gasteiger partial charge is 0.262 e. The van der Waals surface area contributed by atoms with E-state index in [1.165, 1.54) is 12.1 Å². The van der Waals surface area contributed by atoms with Gasteiger partial charge in [0, 0.05) is 44.8 Å². The lowest BCUT2D eigenvalue weighted by Gasteiger charge is -2.20. The van der Waals surface area contributed by atoms with Gasteiger partial charge in [0.1, 0.15) is 6.04 Å². The third-order valence-corrected chi connectivity index (χ3v) is 7.30. The Morgan fingerprint density at radius 2 is 1.71 bits per heavy atom. The topological polar surface area (TPSA) is 75.5 Å². The number of nitrogens with zero attached hydrogens (tertiary/aromatic N) is 2. The molecule has 0 saturated carbocycles. The fourth-order valence-corrected chi connectivity index (χ4v) is 4.74. The van der Waals surface area contributed by atoms with E-state index in [0.29, 0.717) is 27.2 Å². The van der Waals surface area contributed by atoms with E-state index in [1.54, 1.807) is 24.4 Å². The standard InChI is InChI=1S/C28H24Cl4N4O2/c1-16(2)26(34-27(37)17-8-10-22(30)24(32)11-17)28(38)35-33-13-19-15-36(25-6-4-3-5-21(19)25)14-18-7-9-20(29)12-23(18)31/h3-13,15-16,26H,14H2,1-2H3,(H,34,37)(H,35,38)/b33-13-. The number of hydrogen-bond donors (Lipinski definition) is 2. The first-order valence-corrected chi connectivity index (χ1v) is 13.3. The molecule has 6 nitrogen and oxygen atoms in total. The number of carbonyl (C=O) groups is 2. The van der Waals surface area contributed by atoms with E-state index in [-0.39, 0.29) is 10.9 Å². The Morgan fingerprint density at radius 3 is 2.42 bits per heavy atom. The van der Waals surface area contributed by atoms with Crippen molar-refractivity contribution in [3.63, 3.8) is 0 Å². The van der Waals surface area contributed by atoms with Gasteiger partial charge >= 0.3 is 0 Å². The Bertz CT molecular complexity index is 1530. The van der Waals surface area contributed by atoms with Gasteiger partial charge in [0.25, 0.3) is 11.8 Å². The lowest BCUT2D eigenvalue weighted by Crippen LogP contribution is -2.48. The molecule has 4 rings (SSSR count). The van der Waals surface area contributed by atoms with E-state index in [0.717, 1.165) is 22.0 Å². The van der Waals surface area contributed by atoms with Crippen LogP contribution in [0.5, 0.6) is 0 Å². The SMILES string of the molecule is CC(C)C(NC(=O)c1ccc(Cl)c(Cl)c1)C(=O)N/N=C\c1cn(Cc2ccc(Cl)cc2Cl)c2ccccc12. The molecule has 4 aromatic rings. The summed E-state index contributed by atoms with van der Waals surface area (Å²) in [6, 6.07) is 17.0. The molecule has 0 aliphatic heterocycles. The predicted octanol–water partition coefficient (Wildman–Crippen LogP) is 7.21. The predicted molar refractivity (Wildman–Crippen MR) is 156 cm³/mol. The summed E-state index contributed by atoms with van der Waals surface area (Å²) in [4.78, 5) is 25.6. The number of hydrazone groups is 1. The summed E-state index contributed by atoms with van der Waals surface area (Å²) in [5, 5.41) is 9.64. The van der Waals surface area contributed by atoms with Gasteiger partial charge in [-0.3, -0.25) is 9.59 Å². The highest BCUT2D eigenvalue weighted by atomic mass is 35.5. The highest BCUT2D eigenvalue weighted by molar-refractivity contribution is 6.42. The lowest BCUT2D eigenvalue weighted by atomic mass is 10.0. The molecule has 10 heteroatoms. The normalized spacial score (nSPS) is 12.3.